The van der Waals surface area contributed by atoms with E-state index in [1.807, 2.05) is 0 Å². The number of hydrogen-bond donors (Lipinski definition) is 0. The largest absolute Gasteiger partial charge is 0.309 e. The number of benzene rings is 7. The standard InChI is InChI=1S/C45H30N2/c1-2-32-33-15-6-7-16-34(33)37-19-12-22-44(45(32)37)47-41-21-11-9-18-36(41)39-28-30(24-26-43(39)47)29-23-25-42-38(27-29)35-17-8-10-20-40(35)46(42)31-13-4-3-5-14-31/h2-28H,1H3/b32-2-. The van der Waals surface area contributed by atoms with Crippen LogP contribution in [0.4, 0.5) is 0 Å². The first-order valence-corrected chi connectivity index (χ1v) is 16.3. The van der Waals surface area contributed by atoms with E-state index in [-0.39, 0.29) is 0 Å². The quantitative estimate of drug-likeness (QED) is 0.191. The van der Waals surface area contributed by atoms with Crippen LogP contribution in [-0.2, 0) is 0 Å². The van der Waals surface area contributed by atoms with Crippen LogP contribution in [0.3, 0.4) is 0 Å². The fourth-order valence-corrected chi connectivity index (χ4v) is 8.04. The molecular formula is C45H30N2. The summed E-state index contributed by atoms with van der Waals surface area (Å²) in [5.74, 6) is 0. The van der Waals surface area contributed by atoms with Gasteiger partial charge in [-0.2, -0.15) is 0 Å². The zero-order chi connectivity index (χ0) is 31.1. The van der Waals surface area contributed by atoms with Crippen LogP contribution in [0.15, 0.2) is 164 Å². The molecule has 0 unspecified atom stereocenters. The third-order valence-electron chi connectivity index (χ3n) is 10.0. The van der Waals surface area contributed by atoms with E-state index >= 15 is 0 Å². The van der Waals surface area contributed by atoms with E-state index in [9.17, 15) is 0 Å². The van der Waals surface area contributed by atoms with E-state index in [1.165, 1.54) is 93.9 Å². The molecule has 0 fully saturated rings. The van der Waals surface area contributed by atoms with Crippen LogP contribution in [0.5, 0.6) is 0 Å². The van der Waals surface area contributed by atoms with E-state index in [4.69, 9.17) is 0 Å². The molecule has 0 bridgehead atoms. The molecule has 0 amide bonds. The van der Waals surface area contributed by atoms with Crippen LogP contribution < -0.4 is 0 Å². The highest BCUT2D eigenvalue weighted by Gasteiger charge is 2.27. The summed E-state index contributed by atoms with van der Waals surface area (Å²) in [7, 11) is 0. The summed E-state index contributed by atoms with van der Waals surface area (Å²) >= 11 is 0. The lowest BCUT2D eigenvalue weighted by atomic mass is 10.0. The summed E-state index contributed by atoms with van der Waals surface area (Å²) in [5, 5.41) is 5.06. The summed E-state index contributed by atoms with van der Waals surface area (Å²) in [6.45, 7) is 2.16. The lowest BCUT2D eigenvalue weighted by Crippen LogP contribution is -1.99. The van der Waals surface area contributed by atoms with Crippen LogP contribution in [0, 0.1) is 0 Å². The molecule has 0 spiro atoms. The molecule has 0 radical (unpaired) electrons. The SMILES string of the molecule is C/C=C1/c2ccccc2-c2cccc(-n3c4ccccc4c4cc(-c5ccc6c(c5)c5ccccc5n6-c5ccccc5)ccc43)c21. The predicted octanol–water partition coefficient (Wildman–Crippen LogP) is 12.0. The zero-order valence-electron chi connectivity index (χ0n) is 26.0. The molecule has 9 aromatic rings. The highest BCUT2D eigenvalue weighted by atomic mass is 15.0. The van der Waals surface area contributed by atoms with Crippen molar-refractivity contribution in [2.45, 2.75) is 6.92 Å². The molecule has 0 saturated carbocycles. The lowest BCUT2D eigenvalue weighted by molar-refractivity contribution is 1.17. The number of aromatic nitrogens is 2. The highest BCUT2D eigenvalue weighted by Crippen LogP contribution is 2.48. The molecule has 10 rings (SSSR count). The first-order chi connectivity index (χ1) is 23.3. The van der Waals surface area contributed by atoms with Crippen LogP contribution in [0.1, 0.15) is 18.1 Å². The number of fused-ring (bicyclic) bond motifs is 9. The Kier molecular flexibility index (Phi) is 5.53. The Balaban J connectivity index is 1.19. The van der Waals surface area contributed by atoms with E-state index in [0.717, 1.165) is 0 Å². The first kappa shape index (κ1) is 26.1. The van der Waals surface area contributed by atoms with Crippen LogP contribution >= 0.6 is 0 Å². The van der Waals surface area contributed by atoms with Crippen molar-refractivity contribution in [3.63, 3.8) is 0 Å². The van der Waals surface area contributed by atoms with Gasteiger partial charge >= 0.3 is 0 Å². The smallest absolute Gasteiger partial charge is 0.0546 e. The van der Waals surface area contributed by atoms with Gasteiger partial charge in [0.1, 0.15) is 0 Å². The summed E-state index contributed by atoms with van der Waals surface area (Å²) < 4.78 is 4.85. The van der Waals surface area contributed by atoms with Gasteiger partial charge in [-0.15, -0.1) is 0 Å². The lowest BCUT2D eigenvalue weighted by Gasteiger charge is -2.14. The van der Waals surface area contributed by atoms with E-state index in [1.54, 1.807) is 0 Å². The fraction of sp³-hybridized carbons (Fsp3) is 0.0222. The van der Waals surface area contributed by atoms with Crippen molar-refractivity contribution in [3.8, 4) is 33.6 Å². The Labute approximate surface area is 273 Å². The molecular weight excluding hydrogens is 569 g/mol. The number of para-hydroxylation sites is 3. The number of allylic oxidation sites excluding steroid dienone is 1. The van der Waals surface area contributed by atoms with E-state index < -0.39 is 0 Å². The Morgan fingerprint density at radius 1 is 0.404 bits per heavy atom. The van der Waals surface area contributed by atoms with Crippen molar-refractivity contribution < 1.29 is 0 Å². The maximum absolute atomic E-state index is 2.47. The van der Waals surface area contributed by atoms with Gasteiger partial charge in [0, 0.05) is 32.8 Å². The van der Waals surface area contributed by atoms with Crippen molar-refractivity contribution in [2.24, 2.45) is 0 Å². The van der Waals surface area contributed by atoms with Crippen molar-refractivity contribution in [2.75, 3.05) is 0 Å². The average molecular weight is 599 g/mol. The van der Waals surface area contributed by atoms with Crippen molar-refractivity contribution >= 4 is 49.2 Å². The molecule has 0 N–H and O–H groups in total. The number of hydrogen-bond acceptors (Lipinski definition) is 0. The highest BCUT2D eigenvalue weighted by molar-refractivity contribution is 6.13. The Morgan fingerprint density at radius 2 is 0.936 bits per heavy atom. The van der Waals surface area contributed by atoms with Crippen molar-refractivity contribution in [3.05, 3.63) is 175 Å². The van der Waals surface area contributed by atoms with Crippen molar-refractivity contribution in [1.82, 2.24) is 9.13 Å². The second kappa shape index (κ2) is 9.94. The molecule has 7 aromatic carbocycles. The molecule has 0 aliphatic heterocycles. The van der Waals surface area contributed by atoms with Gasteiger partial charge in [-0.3, -0.25) is 0 Å². The average Bonchev–Trinajstić information content (AvgIpc) is 3.77. The maximum Gasteiger partial charge on any atom is 0.0546 e. The fourth-order valence-electron chi connectivity index (χ4n) is 8.04. The van der Waals surface area contributed by atoms with Crippen LogP contribution in [-0.4, -0.2) is 9.13 Å². The van der Waals surface area contributed by atoms with Crippen LogP contribution in [0.2, 0.25) is 0 Å². The van der Waals surface area contributed by atoms with Gasteiger partial charge in [0.05, 0.1) is 27.8 Å². The second-order valence-corrected chi connectivity index (χ2v) is 12.5. The minimum Gasteiger partial charge on any atom is -0.309 e. The minimum atomic E-state index is 1.18. The molecule has 2 nitrogen and oxygen atoms in total. The van der Waals surface area contributed by atoms with Gasteiger partial charge in [-0.05, 0) is 94.9 Å². The third kappa shape index (κ3) is 3.67. The summed E-state index contributed by atoms with van der Waals surface area (Å²) in [4.78, 5) is 0. The van der Waals surface area contributed by atoms with E-state index in [2.05, 4.69) is 180 Å². The molecule has 47 heavy (non-hydrogen) atoms. The van der Waals surface area contributed by atoms with Gasteiger partial charge in [0.2, 0.25) is 0 Å². The minimum absolute atomic E-state index is 1.18. The zero-order valence-corrected chi connectivity index (χ0v) is 26.0. The third-order valence-corrected chi connectivity index (χ3v) is 10.0. The molecule has 0 saturated heterocycles. The van der Waals surface area contributed by atoms with Gasteiger partial charge in [0.15, 0.2) is 0 Å². The Morgan fingerprint density at radius 3 is 1.62 bits per heavy atom. The van der Waals surface area contributed by atoms with Crippen LogP contribution in [0.25, 0.3) is 82.8 Å². The first-order valence-electron chi connectivity index (χ1n) is 16.3. The Bertz CT molecular complexity index is 2740. The Hall–Kier alpha value is -6.12. The topological polar surface area (TPSA) is 9.86 Å². The van der Waals surface area contributed by atoms with Gasteiger partial charge < -0.3 is 9.13 Å². The summed E-state index contributed by atoms with van der Waals surface area (Å²) in [6.07, 6.45) is 2.27. The van der Waals surface area contributed by atoms with E-state index in [0.29, 0.717) is 0 Å². The summed E-state index contributed by atoms with van der Waals surface area (Å²) in [5.41, 5.74) is 16.3. The number of nitrogens with zero attached hydrogens (tertiary/aromatic N) is 2. The normalized spacial score (nSPS) is 13.3. The van der Waals surface area contributed by atoms with Gasteiger partial charge in [-0.25, -0.2) is 0 Å². The maximum atomic E-state index is 2.47. The van der Waals surface area contributed by atoms with Gasteiger partial charge in [-0.1, -0.05) is 109 Å². The second-order valence-electron chi connectivity index (χ2n) is 12.5. The molecule has 0 atom stereocenters. The molecule has 2 aromatic heterocycles. The summed E-state index contributed by atoms with van der Waals surface area (Å²) in [6, 6.07) is 57.7. The molecule has 220 valence electrons. The molecule has 2 heterocycles. The molecule has 1 aliphatic carbocycles. The monoisotopic (exact) mass is 598 g/mol. The van der Waals surface area contributed by atoms with Crippen molar-refractivity contribution in [1.29, 1.82) is 0 Å². The molecule has 1 aliphatic rings. The molecule has 2 heteroatoms. The predicted molar refractivity (Wildman–Crippen MR) is 199 cm³/mol. The number of rotatable bonds is 3. The van der Waals surface area contributed by atoms with Gasteiger partial charge in [0.25, 0.3) is 0 Å².